The fourth-order valence-electron chi connectivity index (χ4n) is 3.14. The van der Waals surface area contributed by atoms with Crippen molar-refractivity contribution in [2.24, 2.45) is 0 Å². The maximum Gasteiger partial charge on any atom is 0.257 e. The lowest BCUT2D eigenvalue weighted by atomic mass is 10.0. The average molecular weight is 443 g/mol. The van der Waals surface area contributed by atoms with Crippen molar-refractivity contribution in [2.45, 2.75) is 76.2 Å². The highest BCUT2D eigenvalue weighted by Crippen LogP contribution is 2.32. The number of aromatic nitrogens is 2. The van der Waals surface area contributed by atoms with Crippen LogP contribution in [0.2, 0.25) is 0 Å². The molecular weight excluding hydrogens is 412 g/mol. The van der Waals surface area contributed by atoms with Gasteiger partial charge in [0.25, 0.3) is 5.91 Å². The van der Waals surface area contributed by atoms with Crippen molar-refractivity contribution >= 4 is 46.5 Å². The predicted octanol–water partition coefficient (Wildman–Crippen LogP) is 5.89. The van der Waals surface area contributed by atoms with Gasteiger partial charge in [-0.2, -0.15) is 0 Å². The Morgan fingerprint density at radius 3 is 2.07 bits per heavy atom. The number of thioether (sulfide) groups is 1. The summed E-state index contributed by atoms with van der Waals surface area (Å²) in [5, 5.41) is 12.0. The van der Waals surface area contributed by atoms with Crippen LogP contribution in [0.15, 0.2) is 28.6 Å². The van der Waals surface area contributed by atoms with Crippen molar-refractivity contribution in [3.8, 4) is 0 Å². The van der Waals surface area contributed by atoms with E-state index in [9.17, 15) is 4.79 Å². The summed E-state index contributed by atoms with van der Waals surface area (Å²) < 4.78 is 0.860. The lowest BCUT2D eigenvalue weighted by molar-refractivity contribution is 0.102. The minimum atomic E-state index is -0.156. The zero-order valence-electron chi connectivity index (χ0n) is 17.6. The van der Waals surface area contributed by atoms with E-state index in [0.29, 0.717) is 28.7 Å². The Kier molecular flexibility index (Phi) is 9.90. The average Bonchev–Trinajstić information content (AvgIpc) is 3.00. The lowest BCUT2D eigenvalue weighted by Gasteiger charge is -2.35. The second-order valence-corrected chi connectivity index (χ2v) is 10.00. The maximum absolute atomic E-state index is 12.4. The van der Waals surface area contributed by atoms with Crippen LogP contribution < -0.4 is 5.32 Å². The van der Waals surface area contributed by atoms with Gasteiger partial charge >= 0.3 is 0 Å². The van der Waals surface area contributed by atoms with Gasteiger partial charge in [0, 0.05) is 17.6 Å². The van der Waals surface area contributed by atoms with E-state index in [1.54, 1.807) is 11.8 Å². The molecule has 1 amide bonds. The summed E-state index contributed by atoms with van der Waals surface area (Å²) in [4.78, 5) is 14.9. The summed E-state index contributed by atoms with van der Waals surface area (Å²) in [6.07, 6.45) is 0. The van der Waals surface area contributed by atoms with E-state index in [2.05, 4.69) is 68.9 Å². The molecule has 0 saturated carbocycles. The zero-order valence-corrected chi connectivity index (χ0v) is 20.0. The molecule has 28 heavy (non-hydrogen) atoms. The van der Waals surface area contributed by atoms with Gasteiger partial charge in [-0.05, 0) is 58.2 Å². The van der Waals surface area contributed by atoms with E-state index < -0.39 is 0 Å². The molecule has 1 unspecified atom stereocenters. The molecule has 0 aliphatic heterocycles. The van der Waals surface area contributed by atoms with Gasteiger partial charge in [0.2, 0.25) is 5.13 Å². The molecule has 8 heteroatoms. The maximum atomic E-state index is 12.4. The third kappa shape index (κ3) is 6.72. The minimum absolute atomic E-state index is 0. The summed E-state index contributed by atoms with van der Waals surface area (Å²) >= 11 is 3.09. The summed E-state index contributed by atoms with van der Waals surface area (Å²) in [7, 11) is 0. The van der Waals surface area contributed by atoms with Crippen LogP contribution in [0.4, 0.5) is 5.13 Å². The van der Waals surface area contributed by atoms with Crippen LogP contribution in [-0.4, -0.2) is 38.5 Å². The van der Waals surface area contributed by atoms with E-state index in [0.717, 1.165) is 4.34 Å². The Balaban J connectivity index is 0.00000392. The number of benzene rings is 1. The van der Waals surface area contributed by atoms with Crippen LogP contribution in [0.25, 0.3) is 0 Å². The van der Waals surface area contributed by atoms with Crippen molar-refractivity contribution in [1.29, 1.82) is 0 Å². The number of halogens is 1. The fraction of sp³-hybridized carbons (Fsp3) is 0.550. The van der Waals surface area contributed by atoms with E-state index in [-0.39, 0.29) is 23.7 Å². The van der Waals surface area contributed by atoms with Gasteiger partial charge in [0.1, 0.15) is 0 Å². The number of anilines is 1. The lowest BCUT2D eigenvalue weighted by Crippen LogP contribution is -2.41. The molecule has 0 fully saturated rings. The van der Waals surface area contributed by atoms with Crippen molar-refractivity contribution in [3.05, 3.63) is 35.4 Å². The first-order valence-corrected chi connectivity index (χ1v) is 11.1. The van der Waals surface area contributed by atoms with E-state index in [1.165, 1.54) is 16.9 Å². The number of hydrogen-bond acceptors (Lipinski definition) is 6. The Hall–Kier alpha value is -1.15. The number of carbonyl (C=O) groups is 1. The second-order valence-electron chi connectivity index (χ2n) is 7.46. The van der Waals surface area contributed by atoms with Crippen LogP contribution in [-0.2, 0) is 0 Å². The quantitative estimate of drug-likeness (QED) is 0.313. The largest absolute Gasteiger partial charge is 0.296 e. The van der Waals surface area contributed by atoms with Crippen LogP contribution in [0, 0.1) is 0 Å². The summed E-state index contributed by atoms with van der Waals surface area (Å²) in [5.41, 5.74) is 1.85. The zero-order chi connectivity index (χ0) is 20.1. The highest BCUT2D eigenvalue weighted by molar-refractivity contribution is 8.01. The molecule has 0 radical (unpaired) electrons. The predicted molar refractivity (Wildman–Crippen MR) is 123 cm³/mol. The Bertz CT molecular complexity index is 739. The molecule has 0 saturated heterocycles. The first-order chi connectivity index (χ1) is 12.7. The van der Waals surface area contributed by atoms with Crippen LogP contribution >= 0.6 is 35.5 Å². The van der Waals surface area contributed by atoms with Crippen molar-refractivity contribution in [2.75, 3.05) is 5.32 Å². The normalized spacial score (nSPS) is 12.5. The molecule has 2 aromatic rings. The first kappa shape index (κ1) is 24.9. The number of nitrogens with one attached hydrogen (secondary N) is 1. The van der Waals surface area contributed by atoms with Gasteiger partial charge in [-0.3, -0.25) is 15.0 Å². The summed E-state index contributed by atoms with van der Waals surface area (Å²) in [6.45, 7) is 15.3. The molecule has 1 aromatic heterocycles. The molecule has 0 spiro atoms. The van der Waals surface area contributed by atoms with Gasteiger partial charge in [0.15, 0.2) is 4.34 Å². The van der Waals surface area contributed by atoms with E-state index in [4.69, 9.17) is 0 Å². The van der Waals surface area contributed by atoms with Crippen molar-refractivity contribution in [3.63, 3.8) is 0 Å². The number of rotatable bonds is 8. The van der Waals surface area contributed by atoms with Crippen molar-refractivity contribution < 1.29 is 4.79 Å². The molecular formula is C20H31ClN4OS2. The number of amides is 1. The van der Waals surface area contributed by atoms with Gasteiger partial charge in [-0.1, -0.05) is 49.1 Å². The molecule has 0 aliphatic rings. The molecule has 156 valence electrons. The van der Waals surface area contributed by atoms with Crippen LogP contribution in [0.5, 0.6) is 0 Å². The molecule has 5 nitrogen and oxygen atoms in total. The molecule has 1 heterocycles. The number of nitrogens with zero attached hydrogens (tertiary/aromatic N) is 3. The van der Waals surface area contributed by atoms with Gasteiger partial charge in [-0.15, -0.1) is 22.6 Å². The highest BCUT2D eigenvalue weighted by Gasteiger charge is 2.22. The van der Waals surface area contributed by atoms with Gasteiger partial charge in [0.05, 0.1) is 5.37 Å². The Labute approximate surface area is 183 Å². The first-order valence-electron chi connectivity index (χ1n) is 9.38. The SMILES string of the molecule is CC(C)c1ccc(C(=O)Nc2nnc(SC(C)N(C(C)C)C(C)C)s2)cc1.Cl. The minimum Gasteiger partial charge on any atom is -0.296 e. The topological polar surface area (TPSA) is 58.1 Å². The van der Waals surface area contributed by atoms with Crippen molar-refractivity contribution in [1.82, 2.24) is 15.1 Å². The van der Waals surface area contributed by atoms with E-state index in [1.807, 2.05) is 24.3 Å². The molecule has 1 aromatic carbocycles. The smallest absolute Gasteiger partial charge is 0.257 e. The number of hydrogen-bond donors (Lipinski definition) is 1. The summed E-state index contributed by atoms with van der Waals surface area (Å²) in [5.74, 6) is 0.292. The summed E-state index contributed by atoms with van der Waals surface area (Å²) in [6, 6.07) is 8.60. The third-order valence-corrected chi connectivity index (χ3v) is 6.39. The standard InChI is InChI=1S/C20H30N4OS2.ClH/c1-12(2)16-8-10-17(11-9-16)18(25)21-19-22-23-20(27-19)26-15(7)24(13(3)4)14(5)6;/h8-15H,1-7H3,(H,21,22,25);1H. The molecule has 0 aliphatic carbocycles. The van der Waals surface area contributed by atoms with Gasteiger partial charge < -0.3 is 0 Å². The van der Waals surface area contributed by atoms with Crippen LogP contribution in [0.1, 0.15) is 70.3 Å². The molecule has 0 bridgehead atoms. The second kappa shape index (κ2) is 11.1. The highest BCUT2D eigenvalue weighted by atomic mass is 35.5. The van der Waals surface area contributed by atoms with Gasteiger partial charge in [-0.25, -0.2) is 0 Å². The molecule has 1 atom stereocenters. The Morgan fingerprint density at radius 1 is 1.00 bits per heavy atom. The monoisotopic (exact) mass is 442 g/mol. The molecule has 1 N–H and O–H groups in total. The van der Waals surface area contributed by atoms with E-state index >= 15 is 0 Å². The fourth-order valence-corrected chi connectivity index (χ4v) is 5.45. The number of carbonyl (C=O) groups excluding carboxylic acids is 1. The third-order valence-electron chi connectivity index (χ3n) is 4.35. The Morgan fingerprint density at radius 2 is 1.57 bits per heavy atom. The molecule has 2 rings (SSSR count). The van der Waals surface area contributed by atoms with Crippen LogP contribution in [0.3, 0.4) is 0 Å².